The number of carbonyl (C=O) groups is 1. The molecular formula is C21H21F2N3O. The van der Waals surface area contributed by atoms with Gasteiger partial charge in [-0.3, -0.25) is 9.78 Å². The lowest BCUT2D eigenvalue weighted by Gasteiger charge is -2.13. The van der Waals surface area contributed by atoms with Crippen molar-refractivity contribution in [1.82, 2.24) is 14.9 Å². The molecule has 0 atom stereocenters. The summed E-state index contributed by atoms with van der Waals surface area (Å²) in [5, 5.41) is 2.91. The van der Waals surface area contributed by atoms with Crippen molar-refractivity contribution in [1.29, 1.82) is 0 Å². The fraction of sp³-hybridized carbons (Fsp3) is 0.238. The predicted octanol–water partition coefficient (Wildman–Crippen LogP) is 4.06. The molecule has 2 aromatic heterocycles. The minimum absolute atomic E-state index is 0.213. The van der Waals surface area contributed by atoms with E-state index in [9.17, 15) is 13.6 Å². The molecule has 1 N–H and O–H groups in total. The van der Waals surface area contributed by atoms with Gasteiger partial charge in [-0.2, -0.15) is 0 Å². The molecule has 0 fully saturated rings. The first-order valence-electron chi connectivity index (χ1n) is 8.65. The molecule has 0 unspecified atom stereocenters. The van der Waals surface area contributed by atoms with Gasteiger partial charge in [-0.25, -0.2) is 8.78 Å². The summed E-state index contributed by atoms with van der Waals surface area (Å²) in [5.41, 5.74) is 4.81. The molecule has 0 saturated carbocycles. The molecule has 0 aliphatic carbocycles. The number of amides is 1. The van der Waals surface area contributed by atoms with Crippen LogP contribution in [0.15, 0.2) is 42.7 Å². The van der Waals surface area contributed by atoms with Gasteiger partial charge in [0.1, 0.15) is 5.69 Å². The Labute approximate surface area is 156 Å². The lowest BCUT2D eigenvalue weighted by atomic mass is 10.1. The van der Waals surface area contributed by atoms with Crippen LogP contribution in [0, 0.1) is 32.4 Å². The number of hydrogen-bond donors (Lipinski definition) is 1. The van der Waals surface area contributed by atoms with Crippen LogP contribution >= 0.6 is 0 Å². The van der Waals surface area contributed by atoms with Crippen LogP contribution < -0.4 is 5.32 Å². The van der Waals surface area contributed by atoms with Crippen molar-refractivity contribution in [2.24, 2.45) is 0 Å². The molecule has 4 nitrogen and oxygen atoms in total. The van der Waals surface area contributed by atoms with Crippen molar-refractivity contribution in [3.63, 3.8) is 0 Å². The second kappa shape index (κ2) is 7.70. The second-order valence-electron chi connectivity index (χ2n) is 6.56. The summed E-state index contributed by atoms with van der Waals surface area (Å²) in [4.78, 5) is 16.9. The van der Waals surface area contributed by atoms with Gasteiger partial charge < -0.3 is 9.88 Å². The zero-order valence-electron chi connectivity index (χ0n) is 15.5. The third-order valence-electron chi connectivity index (χ3n) is 4.85. The molecular weight excluding hydrogens is 348 g/mol. The topological polar surface area (TPSA) is 46.9 Å². The molecule has 0 radical (unpaired) electrons. The zero-order valence-corrected chi connectivity index (χ0v) is 15.5. The van der Waals surface area contributed by atoms with Crippen molar-refractivity contribution < 1.29 is 13.6 Å². The van der Waals surface area contributed by atoms with Crippen molar-refractivity contribution in [3.05, 3.63) is 88.0 Å². The first-order chi connectivity index (χ1) is 12.9. The maximum absolute atomic E-state index is 13.6. The first-order valence-corrected chi connectivity index (χ1v) is 8.65. The SMILES string of the molecule is Cc1c(C)c(C(=O)NCc2cccnc2)n(Cc2ccc(F)c(F)c2)c1C. The van der Waals surface area contributed by atoms with E-state index in [4.69, 9.17) is 0 Å². The van der Waals surface area contributed by atoms with Crippen LogP contribution in [0.25, 0.3) is 0 Å². The Morgan fingerprint density at radius 3 is 2.52 bits per heavy atom. The maximum atomic E-state index is 13.6. The van der Waals surface area contributed by atoms with E-state index in [-0.39, 0.29) is 12.5 Å². The van der Waals surface area contributed by atoms with Gasteiger partial charge in [0.05, 0.1) is 0 Å². The number of nitrogens with zero attached hydrogens (tertiary/aromatic N) is 2. The van der Waals surface area contributed by atoms with Crippen LogP contribution in [0.2, 0.25) is 0 Å². The van der Waals surface area contributed by atoms with Gasteiger partial charge in [-0.1, -0.05) is 12.1 Å². The number of halogens is 2. The van der Waals surface area contributed by atoms with Gasteiger partial charge in [0.2, 0.25) is 0 Å². The molecule has 3 aromatic rings. The van der Waals surface area contributed by atoms with E-state index in [0.29, 0.717) is 17.8 Å². The zero-order chi connectivity index (χ0) is 19.6. The van der Waals surface area contributed by atoms with Gasteiger partial charge >= 0.3 is 0 Å². The summed E-state index contributed by atoms with van der Waals surface area (Å²) in [7, 11) is 0. The highest BCUT2D eigenvalue weighted by Gasteiger charge is 2.21. The van der Waals surface area contributed by atoms with Crippen LogP contribution in [0.4, 0.5) is 8.78 Å². The van der Waals surface area contributed by atoms with E-state index >= 15 is 0 Å². The van der Waals surface area contributed by atoms with E-state index in [2.05, 4.69) is 10.3 Å². The van der Waals surface area contributed by atoms with E-state index in [1.54, 1.807) is 12.4 Å². The molecule has 2 heterocycles. The lowest BCUT2D eigenvalue weighted by molar-refractivity contribution is 0.0941. The van der Waals surface area contributed by atoms with Crippen LogP contribution in [0.3, 0.4) is 0 Å². The molecule has 27 heavy (non-hydrogen) atoms. The molecule has 0 aliphatic heterocycles. The molecule has 1 amide bonds. The molecule has 6 heteroatoms. The van der Waals surface area contributed by atoms with Crippen molar-refractivity contribution in [2.45, 2.75) is 33.9 Å². The fourth-order valence-corrected chi connectivity index (χ4v) is 3.10. The Balaban J connectivity index is 1.89. The number of pyridine rings is 1. The summed E-state index contributed by atoms with van der Waals surface area (Å²) in [6.07, 6.45) is 3.37. The van der Waals surface area contributed by atoms with Crippen LogP contribution in [0.5, 0.6) is 0 Å². The van der Waals surface area contributed by atoms with E-state index in [1.807, 2.05) is 37.5 Å². The van der Waals surface area contributed by atoms with E-state index in [1.165, 1.54) is 6.07 Å². The van der Waals surface area contributed by atoms with Crippen LogP contribution in [-0.2, 0) is 13.1 Å². The highest BCUT2D eigenvalue weighted by atomic mass is 19.2. The summed E-state index contributed by atoms with van der Waals surface area (Å²) in [5.74, 6) is -1.99. The molecule has 0 saturated heterocycles. The molecule has 3 rings (SSSR count). The minimum atomic E-state index is -0.895. The third-order valence-corrected chi connectivity index (χ3v) is 4.85. The Kier molecular flexibility index (Phi) is 5.35. The third kappa shape index (κ3) is 3.89. The number of nitrogens with one attached hydrogen (secondary N) is 1. The van der Waals surface area contributed by atoms with E-state index < -0.39 is 11.6 Å². The number of aromatic nitrogens is 2. The number of benzene rings is 1. The fourth-order valence-electron chi connectivity index (χ4n) is 3.10. The van der Waals surface area contributed by atoms with Crippen molar-refractivity contribution >= 4 is 5.91 Å². The van der Waals surface area contributed by atoms with Crippen molar-refractivity contribution in [3.8, 4) is 0 Å². The van der Waals surface area contributed by atoms with Gasteiger partial charge in [0, 0.05) is 31.2 Å². The van der Waals surface area contributed by atoms with Crippen LogP contribution in [-0.4, -0.2) is 15.5 Å². The second-order valence-corrected chi connectivity index (χ2v) is 6.56. The highest BCUT2D eigenvalue weighted by molar-refractivity contribution is 5.95. The summed E-state index contributed by atoms with van der Waals surface area (Å²) in [6.45, 7) is 6.40. The number of carbonyl (C=O) groups excluding carboxylic acids is 1. The number of hydrogen-bond acceptors (Lipinski definition) is 2. The molecule has 0 spiro atoms. The highest BCUT2D eigenvalue weighted by Crippen LogP contribution is 2.23. The van der Waals surface area contributed by atoms with Crippen LogP contribution in [0.1, 0.15) is 38.4 Å². The Hall–Kier alpha value is -3.02. The largest absolute Gasteiger partial charge is 0.347 e. The average molecular weight is 369 g/mol. The lowest BCUT2D eigenvalue weighted by Crippen LogP contribution is -2.26. The van der Waals surface area contributed by atoms with E-state index in [0.717, 1.165) is 34.5 Å². The first kappa shape index (κ1) is 18.8. The van der Waals surface area contributed by atoms with Gasteiger partial charge in [-0.05, 0) is 61.2 Å². The predicted molar refractivity (Wildman–Crippen MR) is 99.5 cm³/mol. The molecule has 0 aliphatic rings. The molecule has 1 aromatic carbocycles. The van der Waals surface area contributed by atoms with Gasteiger partial charge in [-0.15, -0.1) is 0 Å². The smallest absolute Gasteiger partial charge is 0.268 e. The summed E-state index contributed by atoms with van der Waals surface area (Å²) in [6, 6.07) is 7.49. The number of rotatable bonds is 5. The quantitative estimate of drug-likeness (QED) is 0.737. The average Bonchev–Trinajstić information content (AvgIpc) is 2.87. The monoisotopic (exact) mass is 369 g/mol. The minimum Gasteiger partial charge on any atom is -0.347 e. The maximum Gasteiger partial charge on any atom is 0.268 e. The Morgan fingerprint density at radius 1 is 1.07 bits per heavy atom. The summed E-state index contributed by atoms with van der Waals surface area (Å²) < 4.78 is 28.6. The van der Waals surface area contributed by atoms with Gasteiger partial charge in [0.25, 0.3) is 5.91 Å². The van der Waals surface area contributed by atoms with Crippen molar-refractivity contribution in [2.75, 3.05) is 0 Å². The molecule has 140 valence electrons. The normalized spacial score (nSPS) is 10.9. The molecule has 0 bridgehead atoms. The summed E-state index contributed by atoms with van der Waals surface area (Å²) >= 11 is 0. The Morgan fingerprint density at radius 2 is 1.85 bits per heavy atom. The standard InChI is InChI=1S/C21H21F2N3O/c1-13-14(2)20(21(27)25-11-17-5-4-8-24-10-17)26(15(13)3)12-16-6-7-18(22)19(23)9-16/h4-10H,11-12H2,1-3H3,(H,25,27). The Bertz CT molecular complexity index is 981. The van der Waals surface area contributed by atoms with Gasteiger partial charge in [0.15, 0.2) is 11.6 Å².